The zero-order chi connectivity index (χ0) is 14.4. The summed E-state index contributed by atoms with van der Waals surface area (Å²) in [6.45, 7) is 2.05. The van der Waals surface area contributed by atoms with Gasteiger partial charge in [-0.2, -0.15) is 4.37 Å². The number of hydrogen-bond acceptors (Lipinski definition) is 6. The fourth-order valence-electron chi connectivity index (χ4n) is 1.48. The van der Waals surface area contributed by atoms with Crippen molar-refractivity contribution in [3.63, 3.8) is 0 Å². The van der Waals surface area contributed by atoms with Crippen LogP contribution in [0.3, 0.4) is 0 Å². The number of carbonyl (C=O) groups is 2. The lowest BCUT2D eigenvalue weighted by Crippen LogP contribution is -2.12. The van der Waals surface area contributed by atoms with Crippen molar-refractivity contribution < 1.29 is 14.3 Å². The minimum absolute atomic E-state index is 0.00550. The first kappa shape index (κ1) is 14.1. The predicted octanol–water partition coefficient (Wildman–Crippen LogP) is 1.90. The van der Waals surface area contributed by atoms with Crippen LogP contribution in [0.1, 0.15) is 23.1 Å². The molecule has 1 amide bonds. The number of amides is 1. The number of benzene rings is 1. The predicted molar refractivity (Wildman–Crippen MR) is 74.6 cm³/mol. The summed E-state index contributed by atoms with van der Waals surface area (Å²) in [5.74, 6) is -0.299. The summed E-state index contributed by atoms with van der Waals surface area (Å²) in [6.07, 6.45) is 0.00550. The SMILES string of the molecule is CCOC(=O)Cc1nsc(NC(=O)c2ccccc2)n1. The summed E-state index contributed by atoms with van der Waals surface area (Å²) in [5, 5.41) is 3.00. The van der Waals surface area contributed by atoms with Gasteiger partial charge < -0.3 is 4.74 Å². The van der Waals surface area contributed by atoms with Crippen LogP contribution in [-0.2, 0) is 16.0 Å². The quantitative estimate of drug-likeness (QED) is 0.851. The summed E-state index contributed by atoms with van der Waals surface area (Å²) in [6, 6.07) is 8.80. The highest BCUT2D eigenvalue weighted by molar-refractivity contribution is 7.09. The van der Waals surface area contributed by atoms with E-state index in [0.29, 0.717) is 23.1 Å². The first-order valence-corrected chi connectivity index (χ1v) is 6.81. The molecule has 1 N–H and O–H groups in total. The number of anilines is 1. The van der Waals surface area contributed by atoms with Crippen LogP contribution in [0.25, 0.3) is 0 Å². The van der Waals surface area contributed by atoms with Crippen LogP contribution in [0.2, 0.25) is 0 Å². The van der Waals surface area contributed by atoms with E-state index < -0.39 is 0 Å². The number of esters is 1. The molecule has 1 aromatic heterocycles. The van der Waals surface area contributed by atoms with Gasteiger partial charge in [-0.1, -0.05) is 18.2 Å². The number of carbonyl (C=O) groups excluding carboxylic acids is 2. The molecule has 0 bridgehead atoms. The molecule has 2 aromatic rings. The molecule has 0 radical (unpaired) electrons. The van der Waals surface area contributed by atoms with E-state index in [4.69, 9.17) is 4.74 Å². The van der Waals surface area contributed by atoms with E-state index in [0.717, 1.165) is 11.5 Å². The number of nitrogens with one attached hydrogen (secondary N) is 1. The van der Waals surface area contributed by atoms with Crippen LogP contribution in [0, 0.1) is 0 Å². The molecule has 7 heteroatoms. The smallest absolute Gasteiger partial charge is 0.313 e. The van der Waals surface area contributed by atoms with Crippen molar-refractivity contribution in [1.29, 1.82) is 0 Å². The van der Waals surface area contributed by atoms with Crippen LogP contribution in [0.5, 0.6) is 0 Å². The third-order valence-corrected chi connectivity index (χ3v) is 3.00. The molecule has 6 nitrogen and oxygen atoms in total. The van der Waals surface area contributed by atoms with Crippen molar-refractivity contribution in [2.24, 2.45) is 0 Å². The Balaban J connectivity index is 1.96. The maximum Gasteiger partial charge on any atom is 0.313 e. The molecule has 0 fully saturated rings. The minimum atomic E-state index is -0.383. The molecular formula is C13H13N3O3S. The Morgan fingerprint density at radius 2 is 2.05 bits per heavy atom. The molecule has 0 spiro atoms. The van der Waals surface area contributed by atoms with Crippen LogP contribution in [-0.4, -0.2) is 27.8 Å². The van der Waals surface area contributed by atoms with Gasteiger partial charge >= 0.3 is 5.97 Å². The first-order chi connectivity index (χ1) is 9.69. The molecule has 0 saturated carbocycles. The molecule has 0 aliphatic carbocycles. The standard InChI is InChI=1S/C13H13N3O3S/c1-2-19-11(17)8-10-14-13(20-16-10)15-12(18)9-6-4-3-5-7-9/h3-7H,2,8H2,1H3,(H,14,15,16,18). The van der Waals surface area contributed by atoms with Gasteiger partial charge in [0, 0.05) is 17.1 Å². The maximum absolute atomic E-state index is 11.9. The van der Waals surface area contributed by atoms with Crippen LogP contribution in [0.15, 0.2) is 30.3 Å². The van der Waals surface area contributed by atoms with Gasteiger partial charge in [0.15, 0.2) is 5.82 Å². The van der Waals surface area contributed by atoms with Crippen LogP contribution >= 0.6 is 11.5 Å². The highest BCUT2D eigenvalue weighted by atomic mass is 32.1. The normalized spacial score (nSPS) is 10.1. The molecular weight excluding hydrogens is 278 g/mol. The fourth-order valence-corrected chi connectivity index (χ4v) is 2.06. The molecule has 0 aliphatic rings. The van der Waals surface area contributed by atoms with Gasteiger partial charge in [0.2, 0.25) is 5.13 Å². The molecule has 0 aliphatic heterocycles. The average Bonchev–Trinajstić information content (AvgIpc) is 2.87. The van der Waals surface area contributed by atoms with E-state index in [1.807, 2.05) is 6.07 Å². The van der Waals surface area contributed by atoms with E-state index in [9.17, 15) is 9.59 Å². The second-order valence-electron chi connectivity index (χ2n) is 3.82. The molecule has 1 heterocycles. The van der Waals surface area contributed by atoms with Gasteiger partial charge in [0.05, 0.1) is 6.61 Å². The van der Waals surface area contributed by atoms with Crippen LogP contribution < -0.4 is 5.32 Å². The summed E-state index contributed by atoms with van der Waals surface area (Å²) in [4.78, 5) is 27.2. The van der Waals surface area contributed by atoms with Crippen molar-refractivity contribution in [1.82, 2.24) is 9.36 Å². The number of aromatic nitrogens is 2. The summed E-state index contributed by atoms with van der Waals surface area (Å²) >= 11 is 1.03. The van der Waals surface area contributed by atoms with E-state index in [1.165, 1.54) is 0 Å². The van der Waals surface area contributed by atoms with Crippen molar-refractivity contribution in [2.75, 3.05) is 11.9 Å². The Morgan fingerprint density at radius 3 is 2.75 bits per heavy atom. The molecule has 0 atom stereocenters. The molecule has 0 unspecified atom stereocenters. The summed E-state index contributed by atoms with van der Waals surface area (Å²) in [5.41, 5.74) is 0.537. The Morgan fingerprint density at radius 1 is 1.30 bits per heavy atom. The van der Waals surface area contributed by atoms with Gasteiger partial charge in [0.25, 0.3) is 5.91 Å². The summed E-state index contributed by atoms with van der Waals surface area (Å²) in [7, 11) is 0. The maximum atomic E-state index is 11.9. The van der Waals surface area contributed by atoms with Gasteiger partial charge in [-0.05, 0) is 19.1 Å². The van der Waals surface area contributed by atoms with Gasteiger partial charge in [-0.3, -0.25) is 14.9 Å². The third kappa shape index (κ3) is 3.86. The lowest BCUT2D eigenvalue weighted by molar-refractivity contribution is -0.142. The molecule has 104 valence electrons. The van der Waals surface area contributed by atoms with Crippen molar-refractivity contribution in [3.05, 3.63) is 41.7 Å². The molecule has 0 saturated heterocycles. The van der Waals surface area contributed by atoms with E-state index in [1.54, 1.807) is 31.2 Å². The Labute approximate surface area is 120 Å². The number of nitrogens with zero attached hydrogens (tertiary/aromatic N) is 2. The Kier molecular flexibility index (Phi) is 4.78. The van der Waals surface area contributed by atoms with Crippen molar-refractivity contribution in [2.45, 2.75) is 13.3 Å². The zero-order valence-corrected chi connectivity index (χ0v) is 11.6. The Hall–Kier alpha value is -2.28. The van der Waals surface area contributed by atoms with Gasteiger partial charge in [-0.25, -0.2) is 4.98 Å². The zero-order valence-electron chi connectivity index (χ0n) is 10.8. The Bertz CT molecular complexity index is 598. The number of hydrogen-bond donors (Lipinski definition) is 1. The van der Waals surface area contributed by atoms with E-state index in [-0.39, 0.29) is 18.3 Å². The van der Waals surface area contributed by atoms with E-state index >= 15 is 0 Å². The second-order valence-corrected chi connectivity index (χ2v) is 4.57. The lowest BCUT2D eigenvalue weighted by atomic mass is 10.2. The topological polar surface area (TPSA) is 81.2 Å². The molecule has 20 heavy (non-hydrogen) atoms. The number of rotatable bonds is 5. The number of ether oxygens (including phenoxy) is 1. The minimum Gasteiger partial charge on any atom is -0.466 e. The molecule has 1 aromatic carbocycles. The molecule has 2 rings (SSSR count). The largest absolute Gasteiger partial charge is 0.466 e. The van der Waals surface area contributed by atoms with Gasteiger partial charge in [0.1, 0.15) is 6.42 Å². The van der Waals surface area contributed by atoms with Crippen molar-refractivity contribution in [3.8, 4) is 0 Å². The first-order valence-electron chi connectivity index (χ1n) is 6.03. The monoisotopic (exact) mass is 291 g/mol. The highest BCUT2D eigenvalue weighted by Gasteiger charge is 2.12. The third-order valence-electron chi connectivity index (χ3n) is 2.33. The average molecular weight is 291 g/mol. The van der Waals surface area contributed by atoms with Gasteiger partial charge in [-0.15, -0.1) is 0 Å². The highest BCUT2D eigenvalue weighted by Crippen LogP contribution is 2.13. The van der Waals surface area contributed by atoms with E-state index in [2.05, 4.69) is 14.7 Å². The van der Waals surface area contributed by atoms with Crippen LogP contribution in [0.4, 0.5) is 5.13 Å². The summed E-state index contributed by atoms with van der Waals surface area (Å²) < 4.78 is 8.80. The van der Waals surface area contributed by atoms with Crippen molar-refractivity contribution >= 4 is 28.5 Å². The fraction of sp³-hybridized carbons (Fsp3) is 0.231. The lowest BCUT2D eigenvalue weighted by Gasteiger charge is -2.00. The second kappa shape index (κ2) is 6.76.